The van der Waals surface area contributed by atoms with Crippen LogP contribution in [0.2, 0.25) is 0 Å². The number of nitrogens with one attached hydrogen (secondary N) is 1. The SMILES string of the molecule is CCCNC(c1ncc(OC)nc1OC)C1CC1C. The molecular weight excluding hydrogens is 242 g/mol. The molecule has 1 heterocycles. The Hall–Kier alpha value is -1.36. The van der Waals surface area contributed by atoms with E-state index in [1.807, 2.05) is 0 Å². The summed E-state index contributed by atoms with van der Waals surface area (Å²) in [5.74, 6) is 2.41. The Morgan fingerprint density at radius 3 is 2.68 bits per heavy atom. The molecule has 1 saturated carbocycles. The molecule has 1 aromatic heterocycles. The number of methoxy groups -OCH3 is 2. The first-order valence-corrected chi connectivity index (χ1v) is 6.89. The van der Waals surface area contributed by atoms with Gasteiger partial charge in [-0.2, -0.15) is 4.98 Å². The molecule has 1 aliphatic carbocycles. The summed E-state index contributed by atoms with van der Waals surface area (Å²) in [4.78, 5) is 8.82. The summed E-state index contributed by atoms with van der Waals surface area (Å²) in [7, 11) is 3.21. The van der Waals surface area contributed by atoms with Crippen molar-refractivity contribution in [2.45, 2.75) is 32.7 Å². The lowest BCUT2D eigenvalue weighted by Crippen LogP contribution is -2.26. The van der Waals surface area contributed by atoms with Gasteiger partial charge in [-0.15, -0.1) is 0 Å². The minimum atomic E-state index is 0.225. The van der Waals surface area contributed by atoms with Crippen molar-refractivity contribution in [2.24, 2.45) is 11.8 Å². The van der Waals surface area contributed by atoms with Gasteiger partial charge in [-0.3, -0.25) is 0 Å². The van der Waals surface area contributed by atoms with Crippen LogP contribution in [0.25, 0.3) is 0 Å². The van der Waals surface area contributed by atoms with Gasteiger partial charge in [0.15, 0.2) is 0 Å². The highest BCUT2D eigenvalue weighted by Crippen LogP contribution is 2.47. The van der Waals surface area contributed by atoms with E-state index in [1.54, 1.807) is 20.4 Å². The quantitative estimate of drug-likeness (QED) is 0.819. The molecule has 19 heavy (non-hydrogen) atoms. The summed E-state index contributed by atoms with van der Waals surface area (Å²) in [6.07, 6.45) is 3.99. The van der Waals surface area contributed by atoms with E-state index in [4.69, 9.17) is 9.47 Å². The van der Waals surface area contributed by atoms with E-state index in [1.165, 1.54) is 6.42 Å². The van der Waals surface area contributed by atoms with Crippen LogP contribution >= 0.6 is 0 Å². The number of aromatic nitrogens is 2. The molecule has 0 amide bonds. The van der Waals surface area contributed by atoms with Gasteiger partial charge in [0.25, 0.3) is 0 Å². The first kappa shape index (κ1) is 14.1. The predicted molar refractivity (Wildman–Crippen MR) is 73.4 cm³/mol. The molecule has 0 spiro atoms. The lowest BCUT2D eigenvalue weighted by atomic mass is 10.1. The number of hydrogen-bond donors (Lipinski definition) is 1. The van der Waals surface area contributed by atoms with Crippen LogP contribution < -0.4 is 14.8 Å². The third kappa shape index (κ3) is 3.15. The van der Waals surface area contributed by atoms with Gasteiger partial charge in [-0.1, -0.05) is 13.8 Å². The Morgan fingerprint density at radius 2 is 2.16 bits per heavy atom. The Balaban J connectivity index is 2.24. The molecule has 3 atom stereocenters. The zero-order chi connectivity index (χ0) is 13.8. The summed E-state index contributed by atoms with van der Waals surface area (Å²) < 4.78 is 10.5. The van der Waals surface area contributed by atoms with E-state index in [0.717, 1.165) is 24.6 Å². The molecule has 1 aromatic rings. The van der Waals surface area contributed by atoms with Crippen LogP contribution in [0.3, 0.4) is 0 Å². The van der Waals surface area contributed by atoms with Crippen LogP contribution in [-0.2, 0) is 0 Å². The summed E-state index contributed by atoms with van der Waals surface area (Å²) in [5, 5.41) is 3.57. The molecule has 5 heteroatoms. The highest BCUT2D eigenvalue weighted by Gasteiger charge is 2.42. The average Bonchev–Trinajstić information content (AvgIpc) is 3.16. The van der Waals surface area contributed by atoms with Gasteiger partial charge in [0.1, 0.15) is 5.69 Å². The lowest BCUT2D eigenvalue weighted by molar-refractivity contribution is 0.342. The van der Waals surface area contributed by atoms with Crippen LogP contribution in [0.4, 0.5) is 0 Å². The van der Waals surface area contributed by atoms with Crippen molar-refractivity contribution in [3.05, 3.63) is 11.9 Å². The van der Waals surface area contributed by atoms with E-state index in [-0.39, 0.29) is 6.04 Å². The van der Waals surface area contributed by atoms with Gasteiger partial charge < -0.3 is 14.8 Å². The molecule has 0 bridgehead atoms. The van der Waals surface area contributed by atoms with E-state index >= 15 is 0 Å². The van der Waals surface area contributed by atoms with Crippen molar-refractivity contribution < 1.29 is 9.47 Å². The Morgan fingerprint density at radius 1 is 1.42 bits per heavy atom. The number of hydrogen-bond acceptors (Lipinski definition) is 5. The fraction of sp³-hybridized carbons (Fsp3) is 0.714. The van der Waals surface area contributed by atoms with Gasteiger partial charge in [0.05, 0.1) is 26.5 Å². The van der Waals surface area contributed by atoms with Crippen LogP contribution in [0.1, 0.15) is 38.4 Å². The molecule has 5 nitrogen and oxygen atoms in total. The topological polar surface area (TPSA) is 56.3 Å². The second-order valence-electron chi connectivity index (χ2n) is 5.12. The maximum atomic E-state index is 5.37. The standard InChI is InChI=1S/C14H23N3O2/c1-5-6-15-12(10-7-9(10)2)13-14(19-4)17-11(18-3)8-16-13/h8-10,12,15H,5-7H2,1-4H3. The van der Waals surface area contributed by atoms with Gasteiger partial charge >= 0.3 is 0 Å². The molecular formula is C14H23N3O2. The molecule has 0 aromatic carbocycles. The Bertz CT molecular complexity index is 425. The van der Waals surface area contributed by atoms with Crippen LogP contribution in [0.15, 0.2) is 6.20 Å². The number of nitrogens with zero attached hydrogens (tertiary/aromatic N) is 2. The monoisotopic (exact) mass is 265 g/mol. The zero-order valence-electron chi connectivity index (χ0n) is 12.1. The third-order valence-corrected chi connectivity index (χ3v) is 3.66. The molecule has 0 saturated heterocycles. The molecule has 3 unspecified atom stereocenters. The fourth-order valence-electron chi connectivity index (χ4n) is 2.39. The number of ether oxygens (including phenoxy) is 2. The first-order valence-electron chi connectivity index (χ1n) is 6.89. The average molecular weight is 265 g/mol. The number of rotatable bonds is 7. The maximum absolute atomic E-state index is 5.37. The highest BCUT2D eigenvalue weighted by atomic mass is 16.5. The first-order chi connectivity index (χ1) is 9.21. The summed E-state index contributed by atoms with van der Waals surface area (Å²) in [6, 6.07) is 0.225. The maximum Gasteiger partial charge on any atom is 0.240 e. The highest BCUT2D eigenvalue weighted by molar-refractivity contribution is 5.27. The largest absolute Gasteiger partial charge is 0.480 e. The van der Waals surface area contributed by atoms with Crippen LogP contribution in [0, 0.1) is 11.8 Å². The van der Waals surface area contributed by atoms with Crippen molar-refractivity contribution >= 4 is 0 Å². The van der Waals surface area contributed by atoms with Crippen LogP contribution in [-0.4, -0.2) is 30.7 Å². The van der Waals surface area contributed by atoms with E-state index < -0.39 is 0 Å². The van der Waals surface area contributed by atoms with Crippen molar-refractivity contribution in [3.63, 3.8) is 0 Å². The van der Waals surface area contributed by atoms with Gasteiger partial charge in [0, 0.05) is 0 Å². The third-order valence-electron chi connectivity index (χ3n) is 3.66. The summed E-state index contributed by atoms with van der Waals surface area (Å²) in [5.41, 5.74) is 0.895. The second-order valence-corrected chi connectivity index (χ2v) is 5.12. The zero-order valence-corrected chi connectivity index (χ0v) is 12.1. The summed E-state index contributed by atoms with van der Waals surface area (Å²) >= 11 is 0. The Labute approximate surface area is 114 Å². The molecule has 106 valence electrons. The van der Waals surface area contributed by atoms with Gasteiger partial charge in [0.2, 0.25) is 11.8 Å². The van der Waals surface area contributed by atoms with Crippen molar-refractivity contribution in [1.82, 2.24) is 15.3 Å². The predicted octanol–water partition coefficient (Wildman–Crippen LogP) is 2.19. The minimum absolute atomic E-state index is 0.225. The van der Waals surface area contributed by atoms with Crippen molar-refractivity contribution in [1.29, 1.82) is 0 Å². The lowest BCUT2D eigenvalue weighted by Gasteiger charge is -2.19. The van der Waals surface area contributed by atoms with Crippen molar-refractivity contribution in [3.8, 4) is 11.8 Å². The minimum Gasteiger partial charge on any atom is -0.480 e. The van der Waals surface area contributed by atoms with E-state index in [0.29, 0.717) is 17.7 Å². The van der Waals surface area contributed by atoms with Gasteiger partial charge in [-0.05, 0) is 31.2 Å². The normalized spacial score (nSPS) is 22.9. The molecule has 0 radical (unpaired) electrons. The Kier molecular flexibility index (Phi) is 4.58. The van der Waals surface area contributed by atoms with E-state index in [9.17, 15) is 0 Å². The smallest absolute Gasteiger partial charge is 0.240 e. The van der Waals surface area contributed by atoms with Crippen molar-refractivity contribution in [2.75, 3.05) is 20.8 Å². The summed E-state index contributed by atoms with van der Waals surface area (Å²) in [6.45, 7) is 5.41. The molecule has 1 aliphatic rings. The molecule has 1 N–H and O–H groups in total. The molecule has 2 rings (SSSR count). The fourth-order valence-corrected chi connectivity index (χ4v) is 2.39. The van der Waals surface area contributed by atoms with Gasteiger partial charge in [-0.25, -0.2) is 4.98 Å². The van der Waals surface area contributed by atoms with E-state index in [2.05, 4.69) is 29.1 Å². The molecule has 1 fully saturated rings. The second kappa shape index (κ2) is 6.19. The molecule has 0 aliphatic heterocycles. The van der Waals surface area contributed by atoms with Crippen LogP contribution in [0.5, 0.6) is 11.8 Å².